The van der Waals surface area contributed by atoms with Gasteiger partial charge in [-0.25, -0.2) is 19.9 Å². The fourth-order valence-corrected chi connectivity index (χ4v) is 5.12. The number of para-hydroxylation sites is 2. The first-order chi connectivity index (χ1) is 19.6. The van der Waals surface area contributed by atoms with Crippen LogP contribution in [0.15, 0.2) is 84.9 Å². The smallest absolute Gasteiger partial charge is 0.184 e. The van der Waals surface area contributed by atoms with Crippen LogP contribution in [0.4, 0.5) is 34.6 Å². The first kappa shape index (κ1) is 23.0. The quantitative estimate of drug-likeness (QED) is 0.283. The minimum atomic E-state index is -0.0729. The molecule has 1 aliphatic rings. The molecule has 0 unspecified atom stereocenters. The van der Waals surface area contributed by atoms with Crippen LogP contribution in [0.5, 0.6) is 0 Å². The number of aromatic nitrogens is 4. The Morgan fingerprint density at radius 2 is 0.850 bits per heavy atom. The lowest BCUT2D eigenvalue weighted by Crippen LogP contribution is -2.30. The summed E-state index contributed by atoms with van der Waals surface area (Å²) in [7, 11) is 0. The number of rotatable bonds is 2. The van der Waals surface area contributed by atoms with Crippen molar-refractivity contribution in [3.05, 3.63) is 107 Å². The second-order valence-electron chi connectivity index (χ2n) is 9.20. The minimum Gasteiger partial charge on any atom is -0.273 e. The molecule has 186 valence electrons. The van der Waals surface area contributed by atoms with Gasteiger partial charge < -0.3 is 0 Å². The first-order valence-corrected chi connectivity index (χ1v) is 12.4. The van der Waals surface area contributed by atoms with E-state index in [9.17, 15) is 10.5 Å². The average molecular weight is 515 g/mol. The third kappa shape index (κ3) is 3.24. The number of nitriles is 2. The summed E-state index contributed by atoms with van der Waals surface area (Å²) in [6.45, 7) is 8.73. The van der Waals surface area contributed by atoms with E-state index in [1.54, 1.807) is 0 Å². The molecule has 0 aliphatic carbocycles. The first-order valence-electron chi connectivity index (χ1n) is 12.4. The Kier molecular flexibility index (Phi) is 5.02. The Balaban J connectivity index is 1.67. The van der Waals surface area contributed by atoms with Crippen molar-refractivity contribution in [1.82, 2.24) is 19.9 Å². The number of hydrogen-bond donors (Lipinski definition) is 0. The standard InChI is InChI=1S/C32H18N8/c1-19-23-15-9-10-16-24(23)20(2)28-27(19)37-31-32(38-28)40(22-13-7-4-8-14-22)30-29(35-25(17-33)26(18-34)36-30)39(31)21-11-5-3-6-12-21/h3-16H,1-2H2. The van der Waals surface area contributed by atoms with Gasteiger partial charge in [-0.3, -0.25) is 9.80 Å². The maximum Gasteiger partial charge on any atom is 0.184 e. The van der Waals surface area contributed by atoms with Crippen LogP contribution in [0.2, 0.25) is 0 Å². The van der Waals surface area contributed by atoms with E-state index in [-0.39, 0.29) is 11.4 Å². The zero-order valence-corrected chi connectivity index (χ0v) is 21.1. The summed E-state index contributed by atoms with van der Waals surface area (Å²) in [5.74, 6) is 1.68. The van der Waals surface area contributed by atoms with E-state index in [0.717, 1.165) is 32.6 Å². The van der Waals surface area contributed by atoms with Gasteiger partial charge in [-0.05, 0) is 35.0 Å². The zero-order valence-electron chi connectivity index (χ0n) is 21.1. The molecule has 40 heavy (non-hydrogen) atoms. The molecule has 4 aromatic carbocycles. The van der Waals surface area contributed by atoms with Crippen molar-refractivity contribution in [1.29, 1.82) is 10.5 Å². The lowest BCUT2D eigenvalue weighted by atomic mass is 10.0. The van der Waals surface area contributed by atoms with Crippen molar-refractivity contribution in [2.75, 3.05) is 9.80 Å². The van der Waals surface area contributed by atoms with Gasteiger partial charge in [0, 0.05) is 21.8 Å². The van der Waals surface area contributed by atoms with Gasteiger partial charge in [-0.1, -0.05) is 73.8 Å². The van der Waals surface area contributed by atoms with Crippen molar-refractivity contribution >= 4 is 69.6 Å². The molecule has 2 aromatic heterocycles. The molecule has 0 bridgehead atoms. The van der Waals surface area contributed by atoms with Gasteiger partial charge in [0.2, 0.25) is 0 Å². The number of benzene rings is 4. The molecule has 0 saturated carbocycles. The van der Waals surface area contributed by atoms with Crippen LogP contribution in [0.1, 0.15) is 11.4 Å². The third-order valence-corrected chi connectivity index (χ3v) is 6.96. The van der Waals surface area contributed by atoms with Crippen LogP contribution in [-0.4, -0.2) is 19.9 Å². The van der Waals surface area contributed by atoms with E-state index in [1.165, 1.54) is 0 Å². The van der Waals surface area contributed by atoms with Crippen LogP contribution in [0, 0.1) is 22.7 Å². The fourth-order valence-electron chi connectivity index (χ4n) is 5.12. The monoisotopic (exact) mass is 514 g/mol. The molecule has 0 N–H and O–H groups in total. The molecule has 0 amide bonds. The highest BCUT2D eigenvalue weighted by Gasteiger charge is 2.37. The van der Waals surface area contributed by atoms with Gasteiger partial charge in [0.25, 0.3) is 0 Å². The molecule has 3 heterocycles. The van der Waals surface area contributed by atoms with Crippen LogP contribution in [0.25, 0.3) is 35.0 Å². The SMILES string of the molecule is C=c1c2ccccc2c(=C)c2nc3c(nc12)N(c1ccccc1)c1nc(C#N)c(C#N)nc1N3c1ccccc1. The third-order valence-electron chi connectivity index (χ3n) is 6.96. The van der Waals surface area contributed by atoms with Gasteiger partial charge in [-0.15, -0.1) is 0 Å². The molecule has 0 radical (unpaired) electrons. The predicted octanol–water partition coefficient (Wildman–Crippen LogP) is 5.39. The Morgan fingerprint density at radius 3 is 1.23 bits per heavy atom. The van der Waals surface area contributed by atoms with Crippen molar-refractivity contribution < 1.29 is 0 Å². The molecule has 0 spiro atoms. The van der Waals surface area contributed by atoms with Crippen molar-refractivity contribution in [3.63, 3.8) is 0 Å². The molecule has 8 nitrogen and oxygen atoms in total. The Bertz CT molecular complexity index is 2030. The van der Waals surface area contributed by atoms with E-state index in [0.29, 0.717) is 34.3 Å². The molecule has 7 rings (SSSR count). The van der Waals surface area contributed by atoms with E-state index in [2.05, 4.69) is 23.1 Å². The molecule has 1 aliphatic heterocycles. The Hall–Kier alpha value is -6.12. The summed E-state index contributed by atoms with van der Waals surface area (Å²) in [5.41, 5.74) is 2.57. The minimum absolute atomic E-state index is 0.0729. The molecule has 8 heteroatoms. The van der Waals surface area contributed by atoms with Gasteiger partial charge in [0.05, 0.1) is 11.0 Å². The fraction of sp³-hybridized carbons (Fsp3) is 0. The molecule has 0 fully saturated rings. The predicted molar refractivity (Wildman–Crippen MR) is 155 cm³/mol. The maximum absolute atomic E-state index is 9.82. The largest absolute Gasteiger partial charge is 0.273 e. The van der Waals surface area contributed by atoms with Gasteiger partial charge in [0.1, 0.15) is 12.1 Å². The van der Waals surface area contributed by atoms with Gasteiger partial charge >= 0.3 is 0 Å². The van der Waals surface area contributed by atoms with E-state index >= 15 is 0 Å². The average Bonchev–Trinajstić information content (AvgIpc) is 3.02. The molecular weight excluding hydrogens is 496 g/mol. The van der Waals surface area contributed by atoms with E-state index in [1.807, 2.05) is 107 Å². The van der Waals surface area contributed by atoms with Crippen LogP contribution in [0.3, 0.4) is 0 Å². The zero-order chi connectivity index (χ0) is 27.4. The van der Waals surface area contributed by atoms with Crippen LogP contribution >= 0.6 is 0 Å². The molecular formula is C32H18N8. The highest BCUT2D eigenvalue weighted by atomic mass is 15.4. The van der Waals surface area contributed by atoms with Crippen LogP contribution < -0.4 is 20.2 Å². The van der Waals surface area contributed by atoms with E-state index < -0.39 is 0 Å². The highest BCUT2D eigenvalue weighted by molar-refractivity contribution is 6.02. The summed E-state index contributed by atoms with van der Waals surface area (Å²) in [6.07, 6.45) is 0. The van der Waals surface area contributed by atoms with Crippen molar-refractivity contribution in [2.24, 2.45) is 0 Å². The summed E-state index contributed by atoms with van der Waals surface area (Å²) >= 11 is 0. The van der Waals surface area contributed by atoms with E-state index in [4.69, 9.17) is 9.97 Å². The molecule has 6 aromatic rings. The van der Waals surface area contributed by atoms with Gasteiger partial charge in [-0.2, -0.15) is 10.5 Å². The summed E-state index contributed by atoms with van der Waals surface area (Å²) in [6, 6.07) is 31.1. The van der Waals surface area contributed by atoms with Crippen molar-refractivity contribution in [2.45, 2.75) is 0 Å². The second kappa shape index (κ2) is 8.73. The topological polar surface area (TPSA) is 106 Å². The number of nitrogens with zero attached hydrogens (tertiary/aromatic N) is 8. The molecule has 0 atom stereocenters. The van der Waals surface area contributed by atoms with Crippen molar-refractivity contribution in [3.8, 4) is 12.1 Å². The second-order valence-corrected chi connectivity index (χ2v) is 9.20. The normalized spacial score (nSPS) is 12.1. The Morgan fingerprint density at radius 1 is 0.500 bits per heavy atom. The summed E-state index contributed by atoms with van der Waals surface area (Å²) in [5, 5.41) is 23.0. The molecule has 0 saturated heterocycles. The Labute approximate surface area is 228 Å². The van der Waals surface area contributed by atoms with Crippen LogP contribution in [-0.2, 0) is 0 Å². The number of hydrogen-bond acceptors (Lipinski definition) is 8. The van der Waals surface area contributed by atoms with Gasteiger partial charge in [0.15, 0.2) is 34.7 Å². The lowest BCUT2D eigenvalue weighted by Gasteiger charge is -2.36. The maximum atomic E-state index is 9.82. The summed E-state index contributed by atoms with van der Waals surface area (Å²) in [4.78, 5) is 23.3. The number of anilines is 6. The highest BCUT2D eigenvalue weighted by Crippen LogP contribution is 2.51. The lowest BCUT2D eigenvalue weighted by molar-refractivity contribution is 0.988. The summed E-state index contributed by atoms with van der Waals surface area (Å²) < 4.78 is 0. The number of fused-ring (bicyclic) bond motifs is 4.